The zero-order chi connectivity index (χ0) is 22.7. The summed E-state index contributed by atoms with van der Waals surface area (Å²) < 4.78 is 35.7. The minimum absolute atomic E-state index is 0.108. The van der Waals surface area contributed by atoms with Crippen LogP contribution in [-0.4, -0.2) is 36.0 Å². The first-order valence-corrected chi connectivity index (χ1v) is 12.7. The van der Waals surface area contributed by atoms with Gasteiger partial charge in [0.2, 0.25) is 16.0 Å². The number of aryl methyl sites for hydroxylation is 2. The number of rotatable bonds is 8. The number of aromatic nitrogens is 3. The van der Waals surface area contributed by atoms with Crippen LogP contribution in [0.3, 0.4) is 0 Å². The fraction of sp³-hybridized carbons (Fsp3) is 0.182. The number of ether oxygens (including phenoxy) is 1. The predicted octanol–water partition coefficient (Wildman–Crippen LogP) is 4.95. The number of benzene rings is 2. The van der Waals surface area contributed by atoms with Crippen LogP contribution in [0, 0.1) is 6.92 Å². The molecule has 2 aromatic carbocycles. The van der Waals surface area contributed by atoms with Gasteiger partial charge in [0.15, 0.2) is 5.82 Å². The molecule has 0 spiro atoms. The lowest BCUT2D eigenvalue weighted by molar-refractivity contribution is 0.412. The van der Waals surface area contributed by atoms with Crippen molar-refractivity contribution in [3.63, 3.8) is 0 Å². The van der Waals surface area contributed by atoms with Gasteiger partial charge in [-0.3, -0.25) is 9.29 Å². The second-order valence-corrected chi connectivity index (χ2v) is 10.3. The van der Waals surface area contributed by atoms with Crippen molar-refractivity contribution in [3.05, 3.63) is 76.1 Å². The number of halogens is 1. The molecule has 1 N–H and O–H groups in total. The Labute approximate surface area is 195 Å². The van der Waals surface area contributed by atoms with Gasteiger partial charge in [-0.2, -0.15) is 0 Å². The number of thiophene rings is 1. The Kier molecular flexibility index (Phi) is 6.50. The molecule has 0 bridgehead atoms. The van der Waals surface area contributed by atoms with Crippen LogP contribution in [0.5, 0.6) is 5.75 Å². The maximum absolute atomic E-state index is 12.9. The molecule has 7 nitrogen and oxygen atoms in total. The zero-order valence-electron chi connectivity index (χ0n) is 17.4. The fourth-order valence-corrected chi connectivity index (χ4v) is 5.15. The molecule has 10 heteroatoms. The van der Waals surface area contributed by atoms with Gasteiger partial charge in [-0.15, -0.1) is 21.5 Å². The summed E-state index contributed by atoms with van der Waals surface area (Å²) in [4.78, 5) is 0.856. The molecule has 0 saturated heterocycles. The molecule has 0 aliphatic carbocycles. The number of nitrogens with zero attached hydrogens (tertiary/aromatic N) is 3. The molecule has 4 aromatic rings. The molecule has 0 atom stereocenters. The summed E-state index contributed by atoms with van der Waals surface area (Å²) in [6.45, 7) is 1.93. The van der Waals surface area contributed by atoms with E-state index in [0.29, 0.717) is 28.7 Å². The van der Waals surface area contributed by atoms with Crippen molar-refractivity contribution in [2.75, 3.05) is 17.6 Å². The van der Waals surface area contributed by atoms with Gasteiger partial charge in [0.1, 0.15) is 5.75 Å². The average molecular weight is 489 g/mol. The molecular formula is C22H21ClN4O3S2. The van der Waals surface area contributed by atoms with E-state index < -0.39 is 10.0 Å². The van der Waals surface area contributed by atoms with Crippen LogP contribution < -0.4 is 9.46 Å². The number of hydrogen-bond donors (Lipinski definition) is 1. The molecule has 2 aromatic heterocycles. The smallest absolute Gasteiger partial charge is 0.243 e. The van der Waals surface area contributed by atoms with E-state index in [1.165, 1.54) is 11.3 Å². The molecule has 166 valence electrons. The normalized spacial score (nSPS) is 11.5. The molecular weight excluding hydrogens is 468 g/mol. The summed E-state index contributed by atoms with van der Waals surface area (Å²) in [6.07, 6.45) is 0.339. The van der Waals surface area contributed by atoms with Gasteiger partial charge in [-0.1, -0.05) is 41.9 Å². The molecule has 0 unspecified atom stereocenters. The SMILES string of the molecule is COc1cccc(C)c1-n1c(NS(=O)(=O)CCc2ccc(Cl)cc2)nnc1-c1cccs1. The highest BCUT2D eigenvalue weighted by Gasteiger charge is 2.24. The van der Waals surface area contributed by atoms with E-state index in [2.05, 4.69) is 14.9 Å². The van der Waals surface area contributed by atoms with E-state index in [-0.39, 0.29) is 11.7 Å². The molecule has 0 fully saturated rings. The predicted molar refractivity (Wildman–Crippen MR) is 129 cm³/mol. The lowest BCUT2D eigenvalue weighted by Crippen LogP contribution is -2.21. The van der Waals surface area contributed by atoms with Crippen molar-refractivity contribution in [1.29, 1.82) is 0 Å². The fourth-order valence-electron chi connectivity index (χ4n) is 3.30. The van der Waals surface area contributed by atoms with Crippen molar-refractivity contribution in [1.82, 2.24) is 14.8 Å². The number of para-hydroxylation sites is 1. The Bertz CT molecular complexity index is 1320. The van der Waals surface area contributed by atoms with Crippen molar-refractivity contribution in [2.45, 2.75) is 13.3 Å². The van der Waals surface area contributed by atoms with Gasteiger partial charge in [0.05, 0.1) is 23.4 Å². The zero-order valence-corrected chi connectivity index (χ0v) is 19.8. The van der Waals surface area contributed by atoms with Crippen molar-refractivity contribution in [3.8, 4) is 22.1 Å². The summed E-state index contributed by atoms with van der Waals surface area (Å²) in [7, 11) is -2.13. The van der Waals surface area contributed by atoms with Crippen LogP contribution in [0.1, 0.15) is 11.1 Å². The van der Waals surface area contributed by atoms with Gasteiger partial charge in [0, 0.05) is 5.02 Å². The van der Waals surface area contributed by atoms with Gasteiger partial charge in [-0.25, -0.2) is 8.42 Å². The minimum atomic E-state index is -3.71. The highest BCUT2D eigenvalue weighted by molar-refractivity contribution is 7.92. The van der Waals surface area contributed by atoms with Crippen LogP contribution in [0.4, 0.5) is 5.95 Å². The number of sulfonamides is 1. The molecule has 0 radical (unpaired) electrons. The second kappa shape index (κ2) is 9.32. The molecule has 0 amide bonds. The Morgan fingerprint density at radius 2 is 1.88 bits per heavy atom. The van der Waals surface area contributed by atoms with Crippen molar-refractivity contribution < 1.29 is 13.2 Å². The number of anilines is 1. The van der Waals surface area contributed by atoms with E-state index in [0.717, 1.165) is 16.0 Å². The number of nitrogens with one attached hydrogen (secondary N) is 1. The van der Waals surface area contributed by atoms with E-state index >= 15 is 0 Å². The van der Waals surface area contributed by atoms with E-state index in [1.54, 1.807) is 23.8 Å². The third kappa shape index (κ3) is 4.79. The maximum atomic E-state index is 12.9. The topological polar surface area (TPSA) is 86.1 Å². The third-order valence-electron chi connectivity index (χ3n) is 4.87. The molecule has 0 aliphatic rings. The van der Waals surface area contributed by atoms with Gasteiger partial charge in [0.25, 0.3) is 0 Å². The molecule has 32 heavy (non-hydrogen) atoms. The van der Waals surface area contributed by atoms with Gasteiger partial charge in [-0.05, 0) is 54.1 Å². The average Bonchev–Trinajstić information content (AvgIpc) is 3.43. The highest BCUT2D eigenvalue weighted by Crippen LogP contribution is 2.35. The lowest BCUT2D eigenvalue weighted by atomic mass is 10.1. The summed E-state index contributed by atoms with van der Waals surface area (Å²) in [5, 5.41) is 11.0. The van der Waals surface area contributed by atoms with Crippen LogP contribution in [0.15, 0.2) is 60.0 Å². The second-order valence-electron chi connectivity index (χ2n) is 7.08. The Balaban J connectivity index is 1.71. The lowest BCUT2D eigenvalue weighted by Gasteiger charge is -2.16. The minimum Gasteiger partial charge on any atom is -0.495 e. The highest BCUT2D eigenvalue weighted by atomic mass is 35.5. The first-order chi connectivity index (χ1) is 15.4. The molecule has 0 saturated carbocycles. The number of hydrogen-bond acceptors (Lipinski definition) is 6. The Morgan fingerprint density at radius 1 is 1.09 bits per heavy atom. The van der Waals surface area contributed by atoms with E-state index in [9.17, 15) is 8.42 Å². The Hall–Kier alpha value is -2.88. The maximum Gasteiger partial charge on any atom is 0.243 e. The first-order valence-electron chi connectivity index (χ1n) is 9.76. The van der Waals surface area contributed by atoms with Crippen LogP contribution in [0.25, 0.3) is 16.4 Å². The van der Waals surface area contributed by atoms with Crippen LogP contribution in [0.2, 0.25) is 5.02 Å². The quantitative estimate of drug-likeness (QED) is 0.379. The number of methoxy groups -OCH3 is 1. The standard InChI is InChI=1S/C22H21ClN4O3S2/c1-15-5-3-6-18(30-2)20(15)27-21(19-7-4-13-31-19)24-25-22(27)26-32(28,29)14-12-16-8-10-17(23)11-9-16/h3-11,13H,12,14H2,1-2H3,(H,25,26). The monoisotopic (exact) mass is 488 g/mol. The molecule has 4 rings (SSSR count). The van der Waals surface area contributed by atoms with Gasteiger partial charge >= 0.3 is 0 Å². The van der Waals surface area contributed by atoms with E-state index in [1.807, 2.05) is 54.8 Å². The summed E-state index contributed by atoms with van der Waals surface area (Å²) in [5.74, 6) is 1.12. The molecule has 2 heterocycles. The first kappa shape index (κ1) is 22.3. The van der Waals surface area contributed by atoms with Gasteiger partial charge < -0.3 is 4.74 Å². The van der Waals surface area contributed by atoms with Crippen molar-refractivity contribution >= 4 is 38.9 Å². The largest absolute Gasteiger partial charge is 0.495 e. The van der Waals surface area contributed by atoms with Crippen LogP contribution in [-0.2, 0) is 16.4 Å². The van der Waals surface area contributed by atoms with E-state index in [4.69, 9.17) is 16.3 Å². The molecule has 0 aliphatic heterocycles. The Morgan fingerprint density at radius 3 is 2.56 bits per heavy atom. The van der Waals surface area contributed by atoms with Crippen LogP contribution >= 0.6 is 22.9 Å². The summed E-state index contributed by atoms with van der Waals surface area (Å²) in [6, 6.07) is 16.5. The summed E-state index contributed by atoms with van der Waals surface area (Å²) >= 11 is 7.40. The third-order valence-corrected chi connectivity index (χ3v) is 7.22. The van der Waals surface area contributed by atoms with Crippen molar-refractivity contribution in [2.24, 2.45) is 0 Å². The summed E-state index contributed by atoms with van der Waals surface area (Å²) in [5.41, 5.74) is 2.45.